The largest absolute Gasteiger partial charge is 0.495 e. The highest BCUT2D eigenvalue weighted by Crippen LogP contribution is 2.43. The van der Waals surface area contributed by atoms with Gasteiger partial charge in [-0.15, -0.1) is 0 Å². The number of hydrogen-bond acceptors (Lipinski definition) is 5. The van der Waals surface area contributed by atoms with Crippen LogP contribution in [0.4, 0.5) is 11.4 Å². The highest BCUT2D eigenvalue weighted by molar-refractivity contribution is 7.80. The molecule has 0 spiro atoms. The first-order valence-corrected chi connectivity index (χ1v) is 13.1. The van der Waals surface area contributed by atoms with Crippen LogP contribution in [0.3, 0.4) is 0 Å². The number of carbonyl (C=O) groups is 1. The van der Waals surface area contributed by atoms with Gasteiger partial charge in [0.05, 0.1) is 30.6 Å². The van der Waals surface area contributed by atoms with Crippen molar-refractivity contribution in [2.45, 2.75) is 50.2 Å². The quantitative estimate of drug-likeness (QED) is 0.398. The first-order chi connectivity index (χ1) is 18.1. The zero-order valence-corrected chi connectivity index (χ0v) is 22.0. The molecule has 1 aromatic carbocycles. The number of aromatic nitrogens is 2. The highest BCUT2D eigenvalue weighted by atomic mass is 32.1. The summed E-state index contributed by atoms with van der Waals surface area (Å²) in [6, 6.07) is 14.1. The number of methoxy groups -OCH3 is 2. The van der Waals surface area contributed by atoms with Crippen molar-refractivity contribution in [2.75, 3.05) is 31.0 Å². The Morgan fingerprint density at radius 3 is 2.73 bits per heavy atom. The molecule has 1 aliphatic carbocycles. The summed E-state index contributed by atoms with van der Waals surface area (Å²) in [5.74, 6) is 0.306. The Hall–Kier alpha value is -3.43. The molecule has 1 saturated carbocycles. The fourth-order valence-electron chi connectivity index (χ4n) is 5.44. The molecule has 0 bridgehead atoms. The topological polar surface area (TPSA) is 80.7 Å². The summed E-state index contributed by atoms with van der Waals surface area (Å²) < 4.78 is 12.9. The minimum Gasteiger partial charge on any atom is -0.495 e. The summed E-state index contributed by atoms with van der Waals surface area (Å²) in [6.07, 6.45) is 12.6. The van der Waals surface area contributed by atoms with Gasteiger partial charge in [-0.05, 0) is 67.0 Å². The van der Waals surface area contributed by atoms with Crippen LogP contribution >= 0.6 is 12.2 Å². The van der Waals surface area contributed by atoms with Gasteiger partial charge in [-0.1, -0.05) is 25.3 Å². The molecular weight excluding hydrogens is 486 g/mol. The monoisotopic (exact) mass is 519 g/mol. The maximum absolute atomic E-state index is 12.3. The van der Waals surface area contributed by atoms with Crippen molar-refractivity contribution in [1.29, 1.82) is 0 Å². The Morgan fingerprint density at radius 1 is 1.16 bits per heavy atom. The molecule has 37 heavy (non-hydrogen) atoms. The molecule has 8 nitrogen and oxygen atoms in total. The molecule has 194 valence electrons. The lowest BCUT2D eigenvalue weighted by Gasteiger charge is -2.28. The first-order valence-electron chi connectivity index (χ1n) is 12.7. The van der Waals surface area contributed by atoms with Gasteiger partial charge in [-0.2, -0.15) is 0 Å². The van der Waals surface area contributed by atoms with E-state index in [4.69, 9.17) is 21.7 Å². The number of nitrogens with one attached hydrogen (secondary N) is 2. The predicted octanol–water partition coefficient (Wildman–Crippen LogP) is 5.16. The van der Waals surface area contributed by atoms with E-state index in [1.165, 1.54) is 39.2 Å². The minimum absolute atomic E-state index is 0.0455. The standard InChI is InChI=1S/C28H33N5O3S/c1-35-18-25(34)30-23-16-21(11-12-24(23)36-2)33-27(26(31-28(33)37)22-10-6-7-14-29-22)19-13-15-32(17-19)20-8-4-3-5-9-20/h6-7,10-17,20,26-27H,3-5,8-9,18H2,1-2H3,(H,30,34)(H,31,37). The summed E-state index contributed by atoms with van der Waals surface area (Å²) in [4.78, 5) is 19.1. The van der Waals surface area contributed by atoms with Crippen molar-refractivity contribution < 1.29 is 14.3 Å². The van der Waals surface area contributed by atoms with Crippen molar-refractivity contribution in [1.82, 2.24) is 14.9 Å². The Bertz CT molecular complexity index is 1240. The van der Waals surface area contributed by atoms with Crippen molar-refractivity contribution in [2.24, 2.45) is 0 Å². The van der Waals surface area contributed by atoms with E-state index in [1.807, 2.05) is 42.6 Å². The van der Waals surface area contributed by atoms with Gasteiger partial charge in [0.15, 0.2) is 5.11 Å². The summed E-state index contributed by atoms with van der Waals surface area (Å²) in [6.45, 7) is -0.0455. The van der Waals surface area contributed by atoms with Gasteiger partial charge in [0.25, 0.3) is 0 Å². The number of pyridine rings is 1. The number of anilines is 2. The van der Waals surface area contributed by atoms with Gasteiger partial charge in [-0.3, -0.25) is 9.78 Å². The molecule has 2 N–H and O–H groups in total. The summed E-state index contributed by atoms with van der Waals surface area (Å²) in [7, 11) is 3.07. The molecule has 2 aromatic heterocycles. The van der Waals surface area contributed by atoms with Crippen LogP contribution < -0.4 is 20.3 Å². The maximum atomic E-state index is 12.3. The normalized spacial score (nSPS) is 20.1. The van der Waals surface area contributed by atoms with Crippen LogP contribution in [-0.2, 0) is 9.53 Å². The molecule has 3 heterocycles. The minimum atomic E-state index is -0.257. The molecule has 1 saturated heterocycles. The Kier molecular flexibility index (Phi) is 7.71. The molecule has 2 atom stereocenters. The molecule has 1 amide bonds. The number of carbonyl (C=O) groups excluding carboxylic acids is 1. The second-order valence-corrected chi connectivity index (χ2v) is 9.93. The van der Waals surface area contributed by atoms with Gasteiger partial charge in [0.1, 0.15) is 12.4 Å². The van der Waals surface area contributed by atoms with E-state index in [1.54, 1.807) is 7.11 Å². The average molecular weight is 520 g/mol. The van der Waals surface area contributed by atoms with Crippen LogP contribution in [0.15, 0.2) is 61.1 Å². The summed E-state index contributed by atoms with van der Waals surface area (Å²) >= 11 is 5.88. The van der Waals surface area contributed by atoms with Crippen LogP contribution in [0.25, 0.3) is 0 Å². The number of thiocarbonyl (C=S) groups is 1. The number of rotatable bonds is 8. The third kappa shape index (κ3) is 5.33. The molecule has 2 fully saturated rings. The van der Waals surface area contributed by atoms with Crippen molar-refractivity contribution in [3.8, 4) is 5.75 Å². The highest BCUT2D eigenvalue weighted by Gasteiger charge is 2.41. The van der Waals surface area contributed by atoms with E-state index < -0.39 is 0 Å². The van der Waals surface area contributed by atoms with Crippen LogP contribution in [0, 0.1) is 0 Å². The number of benzene rings is 1. The molecule has 3 aromatic rings. The van der Waals surface area contributed by atoms with Crippen molar-refractivity contribution >= 4 is 34.6 Å². The third-order valence-corrected chi connectivity index (χ3v) is 7.50. The van der Waals surface area contributed by atoms with E-state index in [9.17, 15) is 4.79 Å². The Balaban J connectivity index is 1.54. The average Bonchev–Trinajstić information content (AvgIpc) is 3.54. The van der Waals surface area contributed by atoms with Gasteiger partial charge in [0, 0.05) is 37.4 Å². The van der Waals surface area contributed by atoms with E-state index >= 15 is 0 Å². The number of nitrogens with zero attached hydrogens (tertiary/aromatic N) is 3. The van der Waals surface area contributed by atoms with E-state index in [0.29, 0.717) is 22.6 Å². The van der Waals surface area contributed by atoms with Crippen LogP contribution in [0.5, 0.6) is 5.75 Å². The summed E-state index contributed by atoms with van der Waals surface area (Å²) in [5, 5.41) is 7.00. The number of hydrogen-bond donors (Lipinski definition) is 2. The fraction of sp³-hybridized carbons (Fsp3) is 0.393. The second kappa shape index (κ2) is 11.3. The molecule has 2 aliphatic rings. The van der Waals surface area contributed by atoms with Crippen LogP contribution in [0.2, 0.25) is 0 Å². The molecule has 1 aliphatic heterocycles. The lowest BCUT2D eigenvalue weighted by molar-refractivity contribution is -0.119. The SMILES string of the molecule is COCC(=O)Nc1cc(N2C(=S)NC(c3ccccn3)C2c2ccn(C3CCCCC3)c2)ccc1OC. The van der Waals surface area contributed by atoms with E-state index in [0.717, 1.165) is 16.9 Å². The molecular formula is C28H33N5O3S. The van der Waals surface area contributed by atoms with Gasteiger partial charge in [-0.25, -0.2) is 0 Å². The first kappa shape index (κ1) is 25.2. The molecule has 9 heteroatoms. The van der Waals surface area contributed by atoms with Gasteiger partial charge >= 0.3 is 0 Å². The number of amides is 1. The van der Waals surface area contributed by atoms with E-state index in [-0.39, 0.29) is 24.6 Å². The van der Waals surface area contributed by atoms with Crippen LogP contribution in [0.1, 0.15) is 61.5 Å². The van der Waals surface area contributed by atoms with E-state index in [2.05, 4.69) is 43.5 Å². The summed E-state index contributed by atoms with van der Waals surface area (Å²) in [5.41, 5.74) is 3.49. The lowest BCUT2D eigenvalue weighted by atomic mass is 9.95. The lowest BCUT2D eigenvalue weighted by Crippen LogP contribution is -2.29. The maximum Gasteiger partial charge on any atom is 0.250 e. The van der Waals surface area contributed by atoms with Gasteiger partial charge in [0.2, 0.25) is 5.91 Å². The Morgan fingerprint density at radius 2 is 2.00 bits per heavy atom. The molecule has 0 radical (unpaired) electrons. The van der Waals surface area contributed by atoms with Gasteiger partial charge < -0.3 is 29.6 Å². The van der Waals surface area contributed by atoms with Crippen molar-refractivity contribution in [3.63, 3.8) is 0 Å². The molecule has 2 unspecified atom stereocenters. The van der Waals surface area contributed by atoms with Crippen molar-refractivity contribution in [3.05, 3.63) is 72.3 Å². The predicted molar refractivity (Wildman–Crippen MR) is 148 cm³/mol. The van der Waals surface area contributed by atoms with Crippen LogP contribution in [-0.4, -0.2) is 41.4 Å². The smallest absolute Gasteiger partial charge is 0.250 e. The fourth-order valence-corrected chi connectivity index (χ4v) is 5.79. The number of ether oxygens (including phenoxy) is 2. The zero-order valence-electron chi connectivity index (χ0n) is 21.2. The second-order valence-electron chi connectivity index (χ2n) is 9.55. The molecule has 5 rings (SSSR count). The Labute approximate surface area is 223 Å². The zero-order chi connectivity index (χ0) is 25.8. The third-order valence-electron chi connectivity index (χ3n) is 7.18.